The van der Waals surface area contributed by atoms with Crippen LogP contribution in [0, 0.1) is 0 Å². The average Bonchev–Trinajstić information content (AvgIpc) is 2.83. The summed E-state index contributed by atoms with van der Waals surface area (Å²) < 4.78 is 11.0. The lowest BCUT2D eigenvalue weighted by Crippen LogP contribution is -2.21. The summed E-state index contributed by atoms with van der Waals surface area (Å²) >= 11 is 0. The summed E-state index contributed by atoms with van der Waals surface area (Å²) in [6.45, 7) is 11.4. The van der Waals surface area contributed by atoms with Crippen LogP contribution in [0.4, 0.5) is 0 Å². The fourth-order valence-corrected chi connectivity index (χ4v) is 1.85. The van der Waals surface area contributed by atoms with Crippen LogP contribution in [0.1, 0.15) is 45.9 Å². The molecule has 114 valence electrons. The van der Waals surface area contributed by atoms with Crippen molar-refractivity contribution in [2.75, 3.05) is 0 Å². The molecule has 21 heavy (non-hydrogen) atoms. The minimum Gasteiger partial charge on any atom is -0.417 e. The molecule has 0 spiro atoms. The van der Waals surface area contributed by atoms with Crippen molar-refractivity contribution in [2.45, 2.75) is 52.6 Å². The smallest absolute Gasteiger partial charge is 0.399 e. The van der Waals surface area contributed by atoms with Crippen LogP contribution in [0.25, 0.3) is 0 Å². The maximum atomic E-state index is 5.70. The summed E-state index contributed by atoms with van der Waals surface area (Å²) in [5.74, 6) is 0.743. The van der Waals surface area contributed by atoms with Crippen molar-refractivity contribution < 1.29 is 9.15 Å². The molecule has 1 aromatic carbocycles. The van der Waals surface area contributed by atoms with Gasteiger partial charge in [-0.1, -0.05) is 46.8 Å². The number of nitrogens with one attached hydrogen (secondary N) is 1. The Labute approximate surface area is 126 Å². The largest absolute Gasteiger partial charge is 0.417 e. The highest BCUT2D eigenvalue weighted by Crippen LogP contribution is 2.28. The second-order valence-electron chi connectivity index (χ2n) is 6.52. The van der Waals surface area contributed by atoms with Crippen LogP contribution in [0.3, 0.4) is 0 Å². The predicted molar refractivity (Wildman–Crippen MR) is 83.7 cm³/mol. The van der Waals surface area contributed by atoms with Crippen molar-refractivity contribution >= 4 is 0 Å². The molecule has 0 aliphatic rings. The van der Waals surface area contributed by atoms with Gasteiger partial charge in [-0.3, -0.25) is 0 Å². The first-order valence-electron chi connectivity index (χ1n) is 7.31. The monoisotopic (exact) mass is 288 g/mol. The Hall–Kier alpha value is -1.81. The Morgan fingerprint density at radius 1 is 1.29 bits per heavy atom. The summed E-state index contributed by atoms with van der Waals surface area (Å²) in [6, 6.07) is 8.43. The van der Waals surface area contributed by atoms with E-state index in [4.69, 9.17) is 9.15 Å². The first-order valence-corrected chi connectivity index (χ1v) is 7.31. The molecule has 0 atom stereocenters. The van der Waals surface area contributed by atoms with Crippen molar-refractivity contribution in [3.63, 3.8) is 0 Å². The van der Waals surface area contributed by atoms with Crippen LogP contribution < -0.4 is 10.1 Å². The zero-order valence-corrected chi connectivity index (χ0v) is 13.4. The van der Waals surface area contributed by atoms with Crippen molar-refractivity contribution in [1.82, 2.24) is 10.3 Å². The summed E-state index contributed by atoms with van der Waals surface area (Å²) in [6.07, 6.45) is 1.90. The number of oxazole rings is 1. The number of rotatable bonds is 5. The van der Waals surface area contributed by atoms with Crippen LogP contribution in [0.15, 0.2) is 34.9 Å². The van der Waals surface area contributed by atoms with Gasteiger partial charge in [-0.2, -0.15) is 4.98 Å². The van der Waals surface area contributed by atoms with Gasteiger partial charge in [-0.25, -0.2) is 0 Å². The highest BCUT2D eigenvalue weighted by Gasteiger charge is 2.15. The minimum absolute atomic E-state index is 0.0856. The van der Waals surface area contributed by atoms with E-state index in [2.05, 4.69) is 51.0 Å². The maximum Gasteiger partial charge on any atom is 0.399 e. The van der Waals surface area contributed by atoms with Crippen LogP contribution in [0.2, 0.25) is 0 Å². The Morgan fingerprint density at radius 3 is 2.71 bits per heavy atom. The Bertz CT molecular complexity index is 582. The quantitative estimate of drug-likeness (QED) is 0.893. The molecule has 0 aliphatic carbocycles. The molecule has 0 fully saturated rings. The molecule has 4 nitrogen and oxygen atoms in total. The van der Waals surface area contributed by atoms with Gasteiger partial charge in [0.2, 0.25) is 0 Å². The highest BCUT2D eigenvalue weighted by molar-refractivity contribution is 5.33. The lowest BCUT2D eigenvalue weighted by atomic mass is 9.87. The van der Waals surface area contributed by atoms with Gasteiger partial charge in [0.15, 0.2) is 0 Å². The molecule has 1 heterocycles. The van der Waals surface area contributed by atoms with E-state index in [0.29, 0.717) is 12.6 Å². The van der Waals surface area contributed by atoms with Crippen molar-refractivity contribution in [2.24, 2.45) is 0 Å². The van der Waals surface area contributed by atoms with Crippen LogP contribution >= 0.6 is 0 Å². The maximum absolute atomic E-state index is 5.70. The molecule has 0 radical (unpaired) electrons. The van der Waals surface area contributed by atoms with E-state index in [9.17, 15) is 0 Å². The summed E-state index contributed by atoms with van der Waals surface area (Å²) in [5.41, 5.74) is 2.14. The standard InChI is InChI=1S/C17H24N2O2/c1-12(2)18-10-14-11-20-16(19-14)21-15-8-6-7-13(9-15)17(3,4)5/h6-9,11-12,18H,10H2,1-5H3. The fourth-order valence-electron chi connectivity index (χ4n) is 1.85. The third kappa shape index (κ3) is 4.60. The number of ether oxygens (including phenoxy) is 1. The second kappa shape index (κ2) is 6.31. The third-order valence-corrected chi connectivity index (χ3v) is 3.13. The third-order valence-electron chi connectivity index (χ3n) is 3.13. The lowest BCUT2D eigenvalue weighted by Gasteiger charge is -2.19. The zero-order valence-electron chi connectivity index (χ0n) is 13.4. The molecule has 0 amide bonds. The van der Waals surface area contributed by atoms with Gasteiger partial charge in [-0.15, -0.1) is 0 Å². The van der Waals surface area contributed by atoms with Crippen LogP contribution in [0.5, 0.6) is 11.8 Å². The summed E-state index contributed by atoms with van der Waals surface area (Å²) in [7, 11) is 0. The molecular formula is C17H24N2O2. The van der Waals surface area contributed by atoms with Gasteiger partial charge in [0.05, 0.1) is 5.69 Å². The van der Waals surface area contributed by atoms with Crippen molar-refractivity contribution in [3.8, 4) is 11.8 Å². The molecule has 1 aromatic heterocycles. The number of benzene rings is 1. The van der Waals surface area contributed by atoms with Gasteiger partial charge in [0.1, 0.15) is 12.0 Å². The van der Waals surface area contributed by atoms with E-state index in [0.717, 1.165) is 11.4 Å². The number of aromatic nitrogens is 1. The first-order chi connectivity index (χ1) is 9.84. The van der Waals surface area contributed by atoms with Crippen LogP contribution in [-0.2, 0) is 12.0 Å². The SMILES string of the molecule is CC(C)NCc1coc(Oc2cccc(C(C)(C)C)c2)n1. The Balaban J connectivity index is 2.05. The molecule has 0 saturated carbocycles. The molecular weight excluding hydrogens is 264 g/mol. The predicted octanol–water partition coefficient (Wildman–Crippen LogP) is 4.26. The number of hydrogen-bond acceptors (Lipinski definition) is 4. The van der Waals surface area contributed by atoms with Crippen molar-refractivity contribution in [3.05, 3.63) is 41.8 Å². The highest BCUT2D eigenvalue weighted by atomic mass is 16.6. The van der Waals surface area contributed by atoms with E-state index in [-0.39, 0.29) is 11.5 Å². The van der Waals surface area contributed by atoms with Gasteiger partial charge in [0.25, 0.3) is 0 Å². The molecule has 2 rings (SSSR count). The van der Waals surface area contributed by atoms with E-state index in [1.165, 1.54) is 5.56 Å². The van der Waals surface area contributed by atoms with E-state index < -0.39 is 0 Å². The zero-order chi connectivity index (χ0) is 15.5. The molecule has 0 unspecified atom stereocenters. The molecule has 4 heteroatoms. The van der Waals surface area contributed by atoms with E-state index >= 15 is 0 Å². The summed E-state index contributed by atoms with van der Waals surface area (Å²) in [4.78, 5) is 4.32. The molecule has 0 aliphatic heterocycles. The molecule has 1 N–H and O–H groups in total. The molecule has 0 bridgehead atoms. The van der Waals surface area contributed by atoms with E-state index in [1.54, 1.807) is 6.26 Å². The van der Waals surface area contributed by atoms with Crippen molar-refractivity contribution in [1.29, 1.82) is 0 Å². The van der Waals surface area contributed by atoms with E-state index in [1.807, 2.05) is 18.2 Å². The van der Waals surface area contributed by atoms with Gasteiger partial charge in [0, 0.05) is 12.6 Å². The average molecular weight is 288 g/mol. The van der Waals surface area contributed by atoms with Gasteiger partial charge < -0.3 is 14.5 Å². The molecule has 0 saturated heterocycles. The normalized spacial score (nSPS) is 11.9. The van der Waals surface area contributed by atoms with Crippen LogP contribution in [-0.4, -0.2) is 11.0 Å². The topological polar surface area (TPSA) is 47.3 Å². The second-order valence-corrected chi connectivity index (χ2v) is 6.52. The number of nitrogens with zero attached hydrogens (tertiary/aromatic N) is 1. The number of hydrogen-bond donors (Lipinski definition) is 1. The minimum atomic E-state index is 0.0856. The fraction of sp³-hybridized carbons (Fsp3) is 0.471. The first kappa shape index (κ1) is 15.6. The lowest BCUT2D eigenvalue weighted by molar-refractivity contribution is 0.330. The van der Waals surface area contributed by atoms with Gasteiger partial charge >= 0.3 is 6.08 Å². The Kier molecular flexibility index (Phi) is 4.68. The Morgan fingerprint density at radius 2 is 2.05 bits per heavy atom. The molecule has 2 aromatic rings. The van der Waals surface area contributed by atoms with Gasteiger partial charge in [-0.05, 0) is 23.1 Å². The summed E-state index contributed by atoms with van der Waals surface area (Å²) in [5, 5.41) is 3.29.